The fourth-order valence-electron chi connectivity index (χ4n) is 2.99. The lowest BCUT2D eigenvalue weighted by atomic mass is 10.3. The quantitative estimate of drug-likeness (QED) is 0.585. The highest BCUT2D eigenvalue weighted by Crippen LogP contribution is 2.12. The van der Waals surface area contributed by atoms with Gasteiger partial charge in [-0.05, 0) is 31.2 Å². The molecule has 0 atom stereocenters. The number of rotatable bonds is 4. The van der Waals surface area contributed by atoms with Gasteiger partial charge in [-0.15, -0.1) is 0 Å². The largest absolute Gasteiger partial charge is 0.378 e. The molecule has 4 rings (SSSR count). The SMILES string of the molecule is CCn1c(=O)c(-c2noc(C(=O)N3CCOCC3)n2)nn(-c2ccc(F)cc2)c1=O. The molecular weight excluding hydrogens is 399 g/mol. The van der Waals surface area contributed by atoms with Gasteiger partial charge in [0.05, 0.1) is 18.9 Å². The van der Waals surface area contributed by atoms with Crippen molar-refractivity contribution in [3.63, 3.8) is 0 Å². The van der Waals surface area contributed by atoms with Gasteiger partial charge in [0.1, 0.15) is 5.82 Å². The first-order chi connectivity index (χ1) is 14.5. The number of ether oxygens (including phenoxy) is 1. The van der Waals surface area contributed by atoms with Crippen molar-refractivity contribution in [1.82, 2.24) is 29.4 Å². The molecule has 1 aromatic carbocycles. The van der Waals surface area contributed by atoms with Crippen molar-refractivity contribution in [2.24, 2.45) is 0 Å². The lowest BCUT2D eigenvalue weighted by molar-refractivity contribution is 0.0272. The maximum absolute atomic E-state index is 13.2. The maximum Gasteiger partial charge on any atom is 0.352 e. The third kappa shape index (κ3) is 3.52. The molecule has 0 unspecified atom stereocenters. The van der Waals surface area contributed by atoms with Gasteiger partial charge in [0.15, 0.2) is 5.69 Å². The van der Waals surface area contributed by atoms with E-state index in [1.54, 1.807) is 6.92 Å². The molecule has 0 radical (unpaired) electrons. The molecule has 0 N–H and O–H groups in total. The number of carbonyl (C=O) groups is 1. The monoisotopic (exact) mass is 416 g/mol. The van der Waals surface area contributed by atoms with Crippen LogP contribution in [0, 0.1) is 5.82 Å². The summed E-state index contributed by atoms with van der Waals surface area (Å²) < 4.78 is 25.4. The van der Waals surface area contributed by atoms with E-state index in [-0.39, 0.29) is 29.6 Å². The van der Waals surface area contributed by atoms with Crippen molar-refractivity contribution in [3.05, 3.63) is 56.8 Å². The first kappa shape index (κ1) is 19.6. The smallest absolute Gasteiger partial charge is 0.352 e. The number of morpholine rings is 1. The zero-order valence-electron chi connectivity index (χ0n) is 15.9. The van der Waals surface area contributed by atoms with Crippen LogP contribution >= 0.6 is 0 Å². The van der Waals surface area contributed by atoms with E-state index in [0.29, 0.717) is 26.3 Å². The van der Waals surface area contributed by atoms with Crippen molar-refractivity contribution in [2.75, 3.05) is 26.3 Å². The van der Waals surface area contributed by atoms with Gasteiger partial charge < -0.3 is 14.2 Å². The van der Waals surface area contributed by atoms with Crippen LogP contribution in [0.5, 0.6) is 0 Å². The Hall–Kier alpha value is -3.67. The molecule has 11 nitrogen and oxygen atoms in total. The Balaban J connectivity index is 1.77. The Morgan fingerprint density at radius 3 is 2.53 bits per heavy atom. The van der Waals surface area contributed by atoms with Crippen molar-refractivity contribution < 1.29 is 18.4 Å². The number of carbonyl (C=O) groups excluding carboxylic acids is 1. The highest BCUT2D eigenvalue weighted by molar-refractivity contribution is 5.90. The number of halogens is 1. The maximum atomic E-state index is 13.2. The molecule has 0 bridgehead atoms. The van der Waals surface area contributed by atoms with Gasteiger partial charge in [-0.2, -0.15) is 14.8 Å². The van der Waals surface area contributed by atoms with Crippen molar-refractivity contribution in [2.45, 2.75) is 13.5 Å². The Bertz CT molecular complexity index is 1190. The van der Waals surface area contributed by atoms with Crippen LogP contribution in [0.2, 0.25) is 0 Å². The van der Waals surface area contributed by atoms with Crippen LogP contribution in [0.4, 0.5) is 4.39 Å². The fourth-order valence-corrected chi connectivity index (χ4v) is 2.99. The zero-order chi connectivity index (χ0) is 21.3. The Kier molecular flexibility index (Phi) is 5.23. The van der Waals surface area contributed by atoms with E-state index in [1.807, 2.05) is 0 Å². The number of hydrogen-bond acceptors (Lipinski definition) is 8. The molecule has 0 aliphatic carbocycles. The Labute approximate surface area is 168 Å². The summed E-state index contributed by atoms with van der Waals surface area (Å²) >= 11 is 0. The van der Waals surface area contributed by atoms with Gasteiger partial charge in [0, 0.05) is 19.6 Å². The predicted molar refractivity (Wildman–Crippen MR) is 99.7 cm³/mol. The molecule has 156 valence electrons. The standard InChI is InChI=1S/C18H17FN6O5/c1-2-24-16(26)13(21-25(18(24)28)12-5-3-11(19)4-6-12)14-20-15(30-22-14)17(27)23-7-9-29-10-8-23/h3-6H,2,7-10H2,1H3. The highest BCUT2D eigenvalue weighted by atomic mass is 19.1. The first-order valence-electron chi connectivity index (χ1n) is 9.21. The summed E-state index contributed by atoms with van der Waals surface area (Å²) in [5.74, 6) is -1.50. The normalized spacial score (nSPS) is 14.1. The minimum absolute atomic E-state index is 0.0613. The number of benzene rings is 1. The van der Waals surface area contributed by atoms with Gasteiger partial charge in [-0.1, -0.05) is 5.16 Å². The topological polar surface area (TPSA) is 125 Å². The van der Waals surface area contributed by atoms with Crippen LogP contribution in [-0.2, 0) is 11.3 Å². The molecule has 0 spiro atoms. The summed E-state index contributed by atoms with van der Waals surface area (Å²) in [6.45, 7) is 3.24. The average molecular weight is 416 g/mol. The van der Waals surface area contributed by atoms with Gasteiger partial charge in [-0.25, -0.2) is 9.18 Å². The molecule has 2 aromatic heterocycles. The second-order valence-corrected chi connectivity index (χ2v) is 6.40. The molecule has 3 aromatic rings. The summed E-state index contributed by atoms with van der Waals surface area (Å²) in [4.78, 5) is 43.4. The molecule has 1 aliphatic rings. The van der Waals surface area contributed by atoms with Gasteiger partial charge in [0.2, 0.25) is 5.82 Å². The number of amides is 1. The summed E-state index contributed by atoms with van der Waals surface area (Å²) in [5.41, 5.74) is -1.46. The van der Waals surface area contributed by atoms with Crippen LogP contribution in [0.3, 0.4) is 0 Å². The predicted octanol–water partition coefficient (Wildman–Crippen LogP) is 0.0756. The minimum atomic E-state index is -0.730. The third-order valence-electron chi connectivity index (χ3n) is 4.57. The summed E-state index contributed by atoms with van der Waals surface area (Å²) in [7, 11) is 0. The van der Waals surface area contributed by atoms with Crippen LogP contribution in [0.1, 0.15) is 17.6 Å². The van der Waals surface area contributed by atoms with Crippen LogP contribution in [0.15, 0.2) is 38.4 Å². The molecule has 12 heteroatoms. The molecule has 3 heterocycles. The third-order valence-corrected chi connectivity index (χ3v) is 4.57. The molecule has 1 amide bonds. The van der Waals surface area contributed by atoms with E-state index in [9.17, 15) is 18.8 Å². The average Bonchev–Trinajstić information content (AvgIpc) is 3.25. The lowest BCUT2D eigenvalue weighted by Crippen LogP contribution is -2.41. The number of hydrogen-bond donors (Lipinski definition) is 0. The van der Waals surface area contributed by atoms with Crippen LogP contribution in [-0.4, -0.2) is 61.6 Å². The Morgan fingerprint density at radius 1 is 1.17 bits per heavy atom. The first-order valence-corrected chi connectivity index (χ1v) is 9.21. The fraction of sp³-hybridized carbons (Fsp3) is 0.333. The molecule has 1 fully saturated rings. The van der Waals surface area contributed by atoms with E-state index in [4.69, 9.17) is 9.26 Å². The Morgan fingerprint density at radius 2 is 1.87 bits per heavy atom. The van der Waals surface area contributed by atoms with Gasteiger partial charge in [0.25, 0.3) is 5.56 Å². The molecule has 1 saturated heterocycles. The number of nitrogens with zero attached hydrogens (tertiary/aromatic N) is 6. The number of aromatic nitrogens is 5. The summed E-state index contributed by atoms with van der Waals surface area (Å²) in [6.07, 6.45) is 0. The van der Waals surface area contributed by atoms with Crippen LogP contribution in [0.25, 0.3) is 17.2 Å². The van der Waals surface area contributed by atoms with Crippen LogP contribution < -0.4 is 11.2 Å². The second-order valence-electron chi connectivity index (χ2n) is 6.40. The minimum Gasteiger partial charge on any atom is -0.378 e. The van der Waals surface area contributed by atoms with Crippen molar-refractivity contribution >= 4 is 5.91 Å². The molecule has 30 heavy (non-hydrogen) atoms. The van der Waals surface area contributed by atoms with Crippen molar-refractivity contribution in [3.8, 4) is 17.2 Å². The second kappa shape index (κ2) is 7.99. The molecule has 1 aliphatic heterocycles. The zero-order valence-corrected chi connectivity index (χ0v) is 15.9. The van der Waals surface area contributed by atoms with Crippen molar-refractivity contribution in [1.29, 1.82) is 0 Å². The highest BCUT2D eigenvalue weighted by Gasteiger charge is 2.26. The van der Waals surface area contributed by atoms with E-state index >= 15 is 0 Å². The van der Waals surface area contributed by atoms with E-state index in [1.165, 1.54) is 17.0 Å². The van der Waals surface area contributed by atoms with E-state index in [2.05, 4.69) is 15.2 Å². The molecular formula is C18H17FN6O5. The van der Waals surface area contributed by atoms with E-state index < -0.39 is 23.0 Å². The molecule has 0 saturated carbocycles. The van der Waals surface area contributed by atoms with Gasteiger partial charge >= 0.3 is 17.5 Å². The van der Waals surface area contributed by atoms with Gasteiger partial charge in [-0.3, -0.25) is 14.2 Å². The summed E-state index contributed by atoms with van der Waals surface area (Å²) in [6, 6.07) is 5.03. The summed E-state index contributed by atoms with van der Waals surface area (Å²) in [5, 5.41) is 7.76. The lowest BCUT2D eigenvalue weighted by Gasteiger charge is -2.25. The van der Waals surface area contributed by atoms with E-state index in [0.717, 1.165) is 21.4 Å².